The van der Waals surface area contributed by atoms with Crippen molar-refractivity contribution in [3.8, 4) is 0 Å². The van der Waals surface area contributed by atoms with Crippen molar-refractivity contribution in [2.75, 3.05) is 12.4 Å². The fourth-order valence-corrected chi connectivity index (χ4v) is 4.14. The number of rotatable bonds is 2. The summed E-state index contributed by atoms with van der Waals surface area (Å²) < 4.78 is 0. The van der Waals surface area contributed by atoms with Crippen LogP contribution in [0.1, 0.15) is 53.9 Å². The molecule has 0 bridgehead atoms. The van der Waals surface area contributed by atoms with Gasteiger partial charge in [0.15, 0.2) is 0 Å². The molecule has 2 N–H and O–H groups in total. The molecule has 0 amide bonds. The fourth-order valence-electron chi connectivity index (χ4n) is 2.77. The molecule has 1 atom stereocenters. The van der Waals surface area contributed by atoms with Crippen LogP contribution in [0.3, 0.4) is 0 Å². The molecule has 16 heavy (non-hydrogen) atoms. The molecule has 0 aromatic carbocycles. The van der Waals surface area contributed by atoms with Crippen LogP contribution in [0.25, 0.3) is 0 Å². The second kappa shape index (κ2) is 3.48. The SMILES string of the molecule is CNc1sc2c(c1C(=O)O)C(C)CC2(C)C. The molecule has 2 rings (SSSR count). The fraction of sp³-hybridized carbons (Fsp3) is 0.583. The molecule has 1 heterocycles. The Morgan fingerprint density at radius 3 is 2.69 bits per heavy atom. The van der Waals surface area contributed by atoms with Gasteiger partial charge in [0.2, 0.25) is 0 Å². The lowest BCUT2D eigenvalue weighted by molar-refractivity contribution is 0.0697. The van der Waals surface area contributed by atoms with Gasteiger partial charge in [0, 0.05) is 17.3 Å². The van der Waals surface area contributed by atoms with Crippen LogP contribution in [-0.2, 0) is 5.41 Å². The summed E-state index contributed by atoms with van der Waals surface area (Å²) in [6.45, 7) is 6.50. The highest BCUT2D eigenvalue weighted by Crippen LogP contribution is 2.53. The van der Waals surface area contributed by atoms with Gasteiger partial charge in [-0.3, -0.25) is 0 Å². The van der Waals surface area contributed by atoms with Gasteiger partial charge in [0.25, 0.3) is 0 Å². The Labute approximate surface area is 99.5 Å². The van der Waals surface area contributed by atoms with Crippen LogP contribution in [0.2, 0.25) is 0 Å². The summed E-state index contributed by atoms with van der Waals surface area (Å²) >= 11 is 1.60. The third-order valence-corrected chi connectivity index (χ3v) is 4.90. The number of anilines is 1. The van der Waals surface area contributed by atoms with Gasteiger partial charge in [0.05, 0.1) is 5.56 Å². The summed E-state index contributed by atoms with van der Waals surface area (Å²) in [6, 6.07) is 0. The minimum Gasteiger partial charge on any atom is -0.478 e. The van der Waals surface area contributed by atoms with Gasteiger partial charge >= 0.3 is 5.97 Å². The van der Waals surface area contributed by atoms with Crippen LogP contribution in [0.5, 0.6) is 0 Å². The van der Waals surface area contributed by atoms with Crippen LogP contribution in [0.15, 0.2) is 0 Å². The number of aromatic carboxylic acids is 1. The van der Waals surface area contributed by atoms with E-state index in [4.69, 9.17) is 0 Å². The van der Waals surface area contributed by atoms with Crippen molar-refractivity contribution in [1.29, 1.82) is 0 Å². The highest BCUT2D eigenvalue weighted by molar-refractivity contribution is 7.17. The molecule has 4 heteroatoms. The van der Waals surface area contributed by atoms with E-state index in [0.717, 1.165) is 17.0 Å². The molecule has 0 spiro atoms. The number of nitrogens with one attached hydrogen (secondary N) is 1. The first-order valence-electron chi connectivity index (χ1n) is 5.46. The van der Waals surface area contributed by atoms with Gasteiger partial charge in [-0.05, 0) is 17.9 Å². The van der Waals surface area contributed by atoms with E-state index in [1.165, 1.54) is 4.88 Å². The van der Waals surface area contributed by atoms with Gasteiger partial charge in [-0.2, -0.15) is 0 Å². The Morgan fingerprint density at radius 2 is 2.19 bits per heavy atom. The third-order valence-electron chi connectivity index (χ3n) is 3.31. The molecule has 1 unspecified atom stereocenters. The minimum absolute atomic E-state index is 0.110. The van der Waals surface area contributed by atoms with Crippen LogP contribution < -0.4 is 5.32 Å². The normalized spacial score (nSPS) is 21.9. The van der Waals surface area contributed by atoms with E-state index < -0.39 is 5.97 Å². The Bertz CT molecular complexity index is 448. The minimum atomic E-state index is -0.814. The molecule has 0 saturated heterocycles. The maximum atomic E-state index is 11.3. The van der Waals surface area contributed by atoms with Gasteiger partial charge in [0.1, 0.15) is 5.00 Å². The number of thiophene rings is 1. The van der Waals surface area contributed by atoms with Gasteiger partial charge in [-0.25, -0.2) is 4.79 Å². The van der Waals surface area contributed by atoms with Crippen molar-refractivity contribution < 1.29 is 9.90 Å². The second-order valence-corrected chi connectivity index (χ2v) is 6.11. The van der Waals surface area contributed by atoms with E-state index in [0.29, 0.717) is 11.5 Å². The number of hydrogen-bond donors (Lipinski definition) is 2. The number of fused-ring (bicyclic) bond motifs is 1. The monoisotopic (exact) mass is 239 g/mol. The van der Waals surface area contributed by atoms with E-state index in [2.05, 4.69) is 26.1 Å². The maximum absolute atomic E-state index is 11.3. The van der Waals surface area contributed by atoms with Crippen LogP contribution in [0.4, 0.5) is 5.00 Å². The van der Waals surface area contributed by atoms with Crippen LogP contribution in [0, 0.1) is 0 Å². The zero-order valence-electron chi connectivity index (χ0n) is 10.0. The van der Waals surface area contributed by atoms with Crippen molar-refractivity contribution in [2.45, 2.75) is 38.5 Å². The van der Waals surface area contributed by atoms with Crippen molar-refractivity contribution >= 4 is 22.3 Å². The highest BCUT2D eigenvalue weighted by Gasteiger charge is 2.41. The van der Waals surface area contributed by atoms with Crippen LogP contribution >= 0.6 is 11.3 Å². The molecule has 1 aromatic rings. The van der Waals surface area contributed by atoms with Gasteiger partial charge in [-0.15, -0.1) is 11.3 Å². The Kier molecular flexibility index (Phi) is 2.49. The van der Waals surface area contributed by atoms with Gasteiger partial charge in [-0.1, -0.05) is 20.8 Å². The molecule has 0 radical (unpaired) electrons. The molecule has 0 aliphatic heterocycles. The molecule has 0 saturated carbocycles. The smallest absolute Gasteiger partial charge is 0.339 e. The topological polar surface area (TPSA) is 49.3 Å². The predicted octanol–water partition coefficient (Wildman–Crippen LogP) is 3.27. The Balaban J connectivity index is 2.68. The van der Waals surface area contributed by atoms with E-state index in [1.54, 1.807) is 18.4 Å². The molecule has 1 aromatic heterocycles. The lowest BCUT2D eigenvalue weighted by Crippen LogP contribution is -2.10. The van der Waals surface area contributed by atoms with E-state index in [9.17, 15) is 9.90 Å². The quantitative estimate of drug-likeness (QED) is 0.832. The van der Waals surface area contributed by atoms with Crippen LogP contribution in [-0.4, -0.2) is 18.1 Å². The maximum Gasteiger partial charge on any atom is 0.339 e. The summed E-state index contributed by atoms with van der Waals surface area (Å²) in [5.41, 5.74) is 1.64. The summed E-state index contributed by atoms with van der Waals surface area (Å²) in [4.78, 5) is 12.6. The van der Waals surface area contributed by atoms with E-state index in [1.807, 2.05) is 0 Å². The summed E-state index contributed by atoms with van der Waals surface area (Å²) in [7, 11) is 1.78. The number of carboxylic acid groups (broad SMARTS) is 1. The zero-order valence-corrected chi connectivity index (χ0v) is 10.9. The largest absolute Gasteiger partial charge is 0.478 e. The third kappa shape index (κ3) is 1.44. The molecule has 3 nitrogen and oxygen atoms in total. The second-order valence-electron chi connectivity index (χ2n) is 5.09. The Morgan fingerprint density at radius 1 is 1.56 bits per heavy atom. The lowest BCUT2D eigenvalue weighted by Gasteiger charge is -2.17. The van der Waals surface area contributed by atoms with E-state index in [-0.39, 0.29) is 5.41 Å². The molecular formula is C12H17NO2S. The summed E-state index contributed by atoms with van der Waals surface area (Å²) in [5, 5.41) is 13.1. The number of hydrogen-bond acceptors (Lipinski definition) is 3. The van der Waals surface area contributed by atoms with Crippen molar-refractivity contribution in [3.63, 3.8) is 0 Å². The van der Waals surface area contributed by atoms with E-state index >= 15 is 0 Å². The molecule has 0 fully saturated rings. The average molecular weight is 239 g/mol. The van der Waals surface area contributed by atoms with Crippen molar-refractivity contribution in [3.05, 3.63) is 16.0 Å². The van der Waals surface area contributed by atoms with Crippen molar-refractivity contribution in [1.82, 2.24) is 0 Å². The summed E-state index contributed by atoms with van der Waals surface area (Å²) in [5.74, 6) is -0.471. The standard InChI is InChI=1S/C12H17NO2S/c1-6-5-12(2,3)9-7(6)8(11(14)15)10(13-4)16-9/h6,13H,5H2,1-4H3,(H,14,15). The molecule has 1 aliphatic carbocycles. The first-order valence-corrected chi connectivity index (χ1v) is 6.28. The average Bonchev–Trinajstić information content (AvgIpc) is 2.64. The first-order chi connectivity index (χ1) is 7.38. The number of carbonyl (C=O) groups is 1. The Hall–Kier alpha value is -1.03. The van der Waals surface area contributed by atoms with Gasteiger partial charge < -0.3 is 10.4 Å². The summed E-state index contributed by atoms with van der Waals surface area (Å²) in [6.07, 6.45) is 1.04. The molecular weight excluding hydrogens is 222 g/mol. The van der Waals surface area contributed by atoms with Crippen molar-refractivity contribution in [2.24, 2.45) is 0 Å². The predicted molar refractivity (Wildman–Crippen MR) is 66.9 cm³/mol. The highest BCUT2D eigenvalue weighted by atomic mass is 32.1. The molecule has 1 aliphatic rings. The first kappa shape index (κ1) is 11.5. The zero-order chi connectivity index (χ0) is 12.1. The number of carboxylic acids is 1. The lowest BCUT2D eigenvalue weighted by atomic mass is 9.91. The molecule has 88 valence electrons.